The van der Waals surface area contributed by atoms with E-state index in [1.165, 1.54) is 4.31 Å². The Bertz CT molecular complexity index is 1520. The zero-order valence-electron chi connectivity index (χ0n) is 20.7. The molecule has 1 aromatic heterocycles. The number of likely N-dealkylation sites (N-methyl/N-ethyl adjacent to an activating group) is 1. The van der Waals surface area contributed by atoms with E-state index in [-0.39, 0.29) is 10.8 Å². The summed E-state index contributed by atoms with van der Waals surface area (Å²) in [6.45, 7) is 7.34. The first-order valence-corrected chi connectivity index (χ1v) is 13.6. The van der Waals surface area contributed by atoms with Gasteiger partial charge in [0.1, 0.15) is 0 Å². The van der Waals surface area contributed by atoms with Crippen LogP contribution in [0.4, 0.5) is 5.69 Å². The smallest absolute Gasteiger partial charge is 0.258 e. The molecule has 5 rings (SSSR count). The number of morpholine rings is 1. The fraction of sp³-hybridized carbons (Fsp3) is 0.296. The van der Waals surface area contributed by atoms with Crippen LogP contribution >= 0.6 is 11.6 Å². The average Bonchev–Trinajstić information content (AvgIpc) is 3.28. The molecule has 9 heteroatoms. The summed E-state index contributed by atoms with van der Waals surface area (Å²) >= 11 is 6.38. The molecular weight excluding hydrogens is 498 g/mol. The molecule has 7 nitrogen and oxygen atoms in total. The predicted molar refractivity (Wildman–Crippen MR) is 142 cm³/mol. The van der Waals surface area contributed by atoms with Crippen molar-refractivity contribution in [3.63, 3.8) is 0 Å². The zero-order chi connectivity index (χ0) is 25.8. The summed E-state index contributed by atoms with van der Waals surface area (Å²) in [5, 5.41) is 0.690. The molecule has 0 saturated carbocycles. The number of hydrogen-bond acceptors (Lipinski definition) is 4. The van der Waals surface area contributed by atoms with E-state index in [4.69, 9.17) is 16.3 Å². The summed E-state index contributed by atoms with van der Waals surface area (Å²) in [7, 11) is -1.99. The molecule has 2 aromatic carbocycles. The van der Waals surface area contributed by atoms with E-state index in [1.807, 2.05) is 51.1 Å². The topological polar surface area (TPSA) is 71.9 Å². The number of ether oxygens (including phenoxy) is 1. The van der Waals surface area contributed by atoms with Gasteiger partial charge in [-0.25, -0.2) is 8.42 Å². The van der Waals surface area contributed by atoms with Crippen molar-refractivity contribution < 1.29 is 17.9 Å². The maximum Gasteiger partial charge on any atom is 0.258 e. The SMILES string of the molecule is Cc1ccc(-n2c(C)cc(C=C3C(=O)N(C)c4ccc(S(=O)(=O)N5CCOCC5)cc43)c2C)cc1Cl. The number of hydrogen-bond donors (Lipinski definition) is 0. The molecule has 0 unspecified atom stereocenters. The predicted octanol–water partition coefficient (Wildman–Crippen LogP) is 4.59. The van der Waals surface area contributed by atoms with Gasteiger partial charge in [-0.05, 0) is 74.4 Å². The van der Waals surface area contributed by atoms with Gasteiger partial charge in [0, 0.05) is 53.4 Å². The van der Waals surface area contributed by atoms with Crippen molar-refractivity contribution in [2.75, 3.05) is 38.3 Å². The number of rotatable bonds is 4. The van der Waals surface area contributed by atoms with Crippen molar-refractivity contribution in [3.8, 4) is 5.69 Å². The number of aryl methyl sites for hydroxylation is 2. The van der Waals surface area contributed by atoms with Crippen LogP contribution in [0.15, 0.2) is 47.4 Å². The molecule has 0 aliphatic carbocycles. The molecule has 0 N–H and O–H groups in total. The summed E-state index contributed by atoms with van der Waals surface area (Å²) in [5.74, 6) is -0.172. The Morgan fingerprint density at radius 2 is 1.72 bits per heavy atom. The highest BCUT2D eigenvalue weighted by Gasteiger charge is 2.33. The molecule has 2 aliphatic rings. The van der Waals surface area contributed by atoms with Gasteiger partial charge in [-0.15, -0.1) is 0 Å². The van der Waals surface area contributed by atoms with E-state index in [0.717, 1.165) is 28.2 Å². The van der Waals surface area contributed by atoms with Crippen molar-refractivity contribution in [1.29, 1.82) is 0 Å². The van der Waals surface area contributed by atoms with Crippen LogP contribution in [0.2, 0.25) is 5.02 Å². The number of aromatic nitrogens is 1. The summed E-state index contributed by atoms with van der Waals surface area (Å²) in [4.78, 5) is 15.0. The molecule has 0 radical (unpaired) electrons. The zero-order valence-corrected chi connectivity index (χ0v) is 22.3. The van der Waals surface area contributed by atoms with E-state index in [2.05, 4.69) is 4.57 Å². The second kappa shape index (κ2) is 9.19. The highest BCUT2D eigenvalue weighted by Crippen LogP contribution is 2.39. The number of amides is 1. The molecule has 1 saturated heterocycles. The van der Waals surface area contributed by atoms with E-state index in [1.54, 1.807) is 30.1 Å². The first kappa shape index (κ1) is 24.8. The lowest BCUT2D eigenvalue weighted by Gasteiger charge is -2.26. The molecule has 1 amide bonds. The van der Waals surface area contributed by atoms with Crippen LogP contribution in [-0.4, -0.2) is 56.5 Å². The van der Waals surface area contributed by atoms with Gasteiger partial charge in [0.15, 0.2) is 0 Å². The monoisotopic (exact) mass is 525 g/mol. The van der Waals surface area contributed by atoms with E-state index >= 15 is 0 Å². The summed E-state index contributed by atoms with van der Waals surface area (Å²) in [6, 6.07) is 12.9. The minimum atomic E-state index is -3.69. The number of fused-ring (bicyclic) bond motifs is 1. The van der Waals surface area contributed by atoms with Crippen LogP contribution in [0.3, 0.4) is 0 Å². The molecular formula is C27H28ClN3O4S. The Labute approximate surface area is 216 Å². The number of carbonyl (C=O) groups is 1. The number of carbonyl (C=O) groups excluding carboxylic acids is 1. The van der Waals surface area contributed by atoms with Crippen LogP contribution < -0.4 is 4.90 Å². The third-order valence-electron chi connectivity index (χ3n) is 6.95. The van der Waals surface area contributed by atoms with Crippen LogP contribution in [0.25, 0.3) is 17.3 Å². The first-order chi connectivity index (χ1) is 17.1. The summed E-state index contributed by atoms with van der Waals surface area (Å²) in [6.07, 6.45) is 1.85. The van der Waals surface area contributed by atoms with Gasteiger partial charge in [-0.2, -0.15) is 4.31 Å². The number of halogens is 1. The lowest BCUT2D eigenvalue weighted by molar-refractivity contribution is -0.112. The fourth-order valence-corrected chi connectivity index (χ4v) is 6.48. The number of anilines is 1. The lowest BCUT2D eigenvalue weighted by atomic mass is 10.0. The molecule has 1 fully saturated rings. The van der Waals surface area contributed by atoms with Crippen LogP contribution in [0.1, 0.15) is 28.1 Å². The van der Waals surface area contributed by atoms with Crippen LogP contribution in [0.5, 0.6) is 0 Å². The Kier molecular flexibility index (Phi) is 6.32. The second-order valence-corrected chi connectivity index (χ2v) is 11.6. The molecule has 0 spiro atoms. The molecule has 0 atom stereocenters. The van der Waals surface area contributed by atoms with Gasteiger partial charge >= 0.3 is 0 Å². The van der Waals surface area contributed by atoms with Crippen LogP contribution in [-0.2, 0) is 19.6 Å². The molecule has 188 valence electrons. The quantitative estimate of drug-likeness (QED) is 0.467. The van der Waals surface area contributed by atoms with Gasteiger partial charge in [0.25, 0.3) is 5.91 Å². The second-order valence-electron chi connectivity index (χ2n) is 9.21. The minimum absolute atomic E-state index is 0.172. The van der Waals surface area contributed by atoms with Gasteiger partial charge in [-0.3, -0.25) is 4.79 Å². The van der Waals surface area contributed by atoms with E-state index < -0.39 is 10.0 Å². The third-order valence-corrected chi connectivity index (χ3v) is 9.25. The van der Waals surface area contributed by atoms with Gasteiger partial charge in [0.05, 0.1) is 23.8 Å². The Hall–Kier alpha value is -2.91. The van der Waals surface area contributed by atoms with Crippen molar-refractivity contribution in [2.45, 2.75) is 25.7 Å². The van der Waals surface area contributed by atoms with Gasteiger partial charge < -0.3 is 14.2 Å². The highest BCUT2D eigenvalue weighted by molar-refractivity contribution is 7.89. The largest absolute Gasteiger partial charge is 0.379 e. The van der Waals surface area contributed by atoms with Crippen LogP contribution in [0, 0.1) is 20.8 Å². The van der Waals surface area contributed by atoms with Crippen molar-refractivity contribution in [3.05, 3.63) is 75.6 Å². The first-order valence-electron chi connectivity index (χ1n) is 11.8. The summed E-state index contributed by atoms with van der Waals surface area (Å²) < 4.78 is 35.4. The molecule has 3 heterocycles. The molecule has 36 heavy (non-hydrogen) atoms. The Balaban J connectivity index is 1.59. The average molecular weight is 526 g/mol. The molecule has 3 aromatic rings. The maximum absolute atomic E-state index is 13.3. The number of benzene rings is 2. The normalized spacial score (nSPS) is 17.8. The van der Waals surface area contributed by atoms with Gasteiger partial charge in [-0.1, -0.05) is 17.7 Å². The van der Waals surface area contributed by atoms with Gasteiger partial charge in [0.2, 0.25) is 10.0 Å². The summed E-state index contributed by atoms with van der Waals surface area (Å²) in [5.41, 5.74) is 6.56. The van der Waals surface area contributed by atoms with Crippen molar-refractivity contribution in [2.24, 2.45) is 0 Å². The van der Waals surface area contributed by atoms with E-state index in [9.17, 15) is 13.2 Å². The number of sulfonamides is 1. The number of nitrogens with zero attached hydrogens (tertiary/aromatic N) is 3. The van der Waals surface area contributed by atoms with Crippen molar-refractivity contribution >= 4 is 44.9 Å². The maximum atomic E-state index is 13.3. The minimum Gasteiger partial charge on any atom is -0.379 e. The fourth-order valence-electron chi connectivity index (χ4n) is 4.87. The highest BCUT2D eigenvalue weighted by atomic mass is 35.5. The third kappa shape index (κ3) is 4.08. The van der Waals surface area contributed by atoms with E-state index in [0.29, 0.717) is 48.1 Å². The molecule has 0 bridgehead atoms. The molecule has 2 aliphatic heterocycles. The Morgan fingerprint density at radius 3 is 2.42 bits per heavy atom. The standard InChI is InChI=1S/C27H28ClN3O4S/c1-17-5-6-21(15-25(17)28)31-18(2)13-20(19(31)3)14-24-23-16-22(7-8-26(23)29(4)27(24)32)36(33,34)30-9-11-35-12-10-30/h5-8,13-16H,9-12H2,1-4H3. The van der Waals surface area contributed by atoms with Crippen molar-refractivity contribution in [1.82, 2.24) is 8.87 Å². The lowest BCUT2D eigenvalue weighted by Crippen LogP contribution is -2.40. The Morgan fingerprint density at radius 1 is 1.00 bits per heavy atom.